The Hall–Kier alpha value is -2.73. The van der Waals surface area contributed by atoms with E-state index in [1.165, 1.54) is 38.5 Å². The zero-order valence-electron chi connectivity index (χ0n) is 21.3. The van der Waals surface area contributed by atoms with Crippen LogP contribution in [0.4, 0.5) is 0 Å². The summed E-state index contributed by atoms with van der Waals surface area (Å²) in [6.45, 7) is 3.20. The van der Waals surface area contributed by atoms with Gasteiger partial charge in [0.25, 0.3) is 5.82 Å². The van der Waals surface area contributed by atoms with Gasteiger partial charge in [-0.1, -0.05) is 70.1 Å². The predicted molar refractivity (Wildman–Crippen MR) is 134 cm³/mol. The third-order valence-corrected chi connectivity index (χ3v) is 6.19. The zero-order valence-corrected chi connectivity index (χ0v) is 22.1. The fourth-order valence-corrected chi connectivity index (χ4v) is 4.22. The fourth-order valence-electron chi connectivity index (χ4n) is 4.22. The molecule has 0 bridgehead atoms. The summed E-state index contributed by atoms with van der Waals surface area (Å²) in [4.78, 5) is 12.7. The molecule has 7 heteroatoms. The molecule has 0 N–H and O–H groups in total. The molecule has 0 aliphatic rings. The van der Waals surface area contributed by atoms with Crippen LogP contribution in [0.2, 0.25) is 0 Å². The van der Waals surface area contributed by atoms with Gasteiger partial charge >= 0.3 is 5.97 Å². The maximum absolute atomic E-state index is 12.7. The van der Waals surface area contributed by atoms with Crippen molar-refractivity contribution in [1.29, 1.82) is 0 Å². The van der Waals surface area contributed by atoms with E-state index in [2.05, 4.69) is 11.5 Å². The molecule has 192 valence electrons. The molecular weight excluding hydrogens is 464 g/mol. The summed E-state index contributed by atoms with van der Waals surface area (Å²) in [5.74, 6) is 2.14. The van der Waals surface area contributed by atoms with Crippen molar-refractivity contribution in [3.8, 4) is 11.5 Å². The average Bonchev–Trinajstić information content (AvgIpc) is 3.12. The van der Waals surface area contributed by atoms with E-state index in [4.69, 9.17) is 14.2 Å². The number of para-hydroxylation sites is 2. The first kappa shape index (κ1) is 28.5. The molecule has 0 fully saturated rings. The molecule has 35 heavy (non-hydrogen) atoms. The van der Waals surface area contributed by atoms with Gasteiger partial charge in [0.05, 0.1) is 20.8 Å². The van der Waals surface area contributed by atoms with E-state index in [1.54, 1.807) is 7.11 Å². The van der Waals surface area contributed by atoms with Crippen molar-refractivity contribution in [3.63, 3.8) is 0 Å². The molecule has 0 spiro atoms. The normalized spacial score (nSPS) is 10.7. The Kier molecular flexibility index (Phi) is 12.5. The molecule has 3 aromatic rings. The molecular formula is C28H39ClN2O4. The number of rotatable bonds is 15. The molecule has 0 unspecified atom stereocenters. The molecule has 1 aromatic heterocycles. The fraction of sp³-hybridized carbons (Fsp3) is 0.500. The highest BCUT2D eigenvalue weighted by molar-refractivity contribution is 5.76. The molecule has 0 amide bonds. The van der Waals surface area contributed by atoms with Crippen LogP contribution in [0.25, 0.3) is 11.0 Å². The smallest absolute Gasteiger partial charge is 0.348 e. The van der Waals surface area contributed by atoms with Crippen molar-refractivity contribution >= 4 is 17.0 Å². The Balaban J connectivity index is 0.00000432. The first-order chi connectivity index (χ1) is 16.6. The van der Waals surface area contributed by atoms with Gasteiger partial charge < -0.3 is 26.6 Å². The van der Waals surface area contributed by atoms with Crippen molar-refractivity contribution in [2.75, 3.05) is 13.7 Å². The predicted octanol–water partition coefficient (Wildman–Crippen LogP) is 2.74. The number of hydrogen-bond acceptors (Lipinski definition) is 4. The number of imidazole rings is 1. The SMILES string of the molecule is CCCCCCCCCCOC(=O)Cn1c(COc2cccc(OC)c2)[n+](C)c2ccccc21.[Cl-]. The van der Waals surface area contributed by atoms with Crippen molar-refractivity contribution in [2.45, 2.75) is 71.4 Å². The van der Waals surface area contributed by atoms with Gasteiger partial charge in [-0.25, -0.2) is 13.9 Å². The minimum absolute atomic E-state index is 0. The van der Waals surface area contributed by atoms with E-state index in [9.17, 15) is 4.79 Å². The lowest BCUT2D eigenvalue weighted by molar-refractivity contribution is -0.655. The maximum atomic E-state index is 12.7. The lowest BCUT2D eigenvalue weighted by Crippen LogP contribution is -3.00. The maximum Gasteiger partial charge on any atom is 0.348 e. The van der Waals surface area contributed by atoms with E-state index < -0.39 is 0 Å². The standard InChI is InChI=1S/C28H39N2O4.ClH/c1-4-5-6-7-8-9-10-13-19-33-28(31)21-30-26-18-12-11-17-25(26)29(2)27(30)22-34-24-16-14-15-23(20-24)32-3;/h11-12,14-18,20H,4-10,13,19,21-22H2,1-3H3;1H/q+1;/p-1. The van der Waals surface area contributed by atoms with Crippen LogP contribution in [-0.2, 0) is 29.7 Å². The highest BCUT2D eigenvalue weighted by atomic mass is 35.5. The number of hydrogen-bond donors (Lipinski definition) is 0. The van der Waals surface area contributed by atoms with Crippen molar-refractivity contribution in [2.24, 2.45) is 7.05 Å². The van der Waals surface area contributed by atoms with Crippen molar-refractivity contribution in [1.82, 2.24) is 4.57 Å². The van der Waals surface area contributed by atoms with Crippen LogP contribution in [0.1, 0.15) is 64.1 Å². The number of nitrogens with zero attached hydrogens (tertiary/aromatic N) is 2. The minimum Gasteiger partial charge on any atom is -1.00 e. The number of methoxy groups -OCH3 is 1. The summed E-state index contributed by atoms with van der Waals surface area (Å²) in [6.07, 6.45) is 9.77. The van der Waals surface area contributed by atoms with Crippen LogP contribution in [-0.4, -0.2) is 24.3 Å². The van der Waals surface area contributed by atoms with Crippen LogP contribution in [0.15, 0.2) is 48.5 Å². The summed E-state index contributed by atoms with van der Waals surface area (Å²) in [5, 5.41) is 0. The number of esters is 1. The molecule has 0 aliphatic carbocycles. The number of unbranched alkanes of at least 4 members (excludes halogenated alkanes) is 7. The molecule has 0 saturated heterocycles. The van der Waals surface area contributed by atoms with Crippen LogP contribution in [0.3, 0.4) is 0 Å². The number of carbonyl (C=O) groups excluding carboxylic acids is 1. The second-order valence-corrected chi connectivity index (χ2v) is 8.71. The molecule has 6 nitrogen and oxygen atoms in total. The highest BCUT2D eigenvalue weighted by Crippen LogP contribution is 2.21. The lowest BCUT2D eigenvalue weighted by Gasteiger charge is -2.08. The van der Waals surface area contributed by atoms with Crippen molar-refractivity contribution < 1.29 is 36.0 Å². The number of aromatic nitrogens is 2. The summed E-state index contributed by atoms with van der Waals surface area (Å²) < 4.78 is 21.0. The van der Waals surface area contributed by atoms with Gasteiger partial charge in [0.15, 0.2) is 24.2 Å². The number of carbonyl (C=O) groups is 1. The van der Waals surface area contributed by atoms with Gasteiger partial charge in [-0.2, -0.15) is 0 Å². The summed E-state index contributed by atoms with van der Waals surface area (Å²) in [7, 11) is 3.63. The van der Waals surface area contributed by atoms with Gasteiger partial charge in [-0.05, 0) is 30.7 Å². The third kappa shape index (κ3) is 8.46. The Labute approximate surface area is 215 Å². The monoisotopic (exact) mass is 502 g/mol. The molecule has 0 saturated carbocycles. The Bertz CT molecular complexity index is 1050. The Morgan fingerprint density at radius 3 is 2.34 bits per heavy atom. The third-order valence-electron chi connectivity index (χ3n) is 6.19. The summed E-state index contributed by atoms with van der Waals surface area (Å²) in [6, 6.07) is 15.6. The van der Waals surface area contributed by atoms with Crippen LogP contribution < -0.4 is 26.4 Å². The van der Waals surface area contributed by atoms with Crippen LogP contribution in [0, 0.1) is 0 Å². The molecule has 3 rings (SSSR count). The number of ether oxygens (including phenoxy) is 3. The first-order valence-corrected chi connectivity index (χ1v) is 12.5. The van der Waals surface area contributed by atoms with E-state index in [0.29, 0.717) is 19.0 Å². The number of benzene rings is 2. The second-order valence-electron chi connectivity index (χ2n) is 8.71. The van der Waals surface area contributed by atoms with E-state index in [1.807, 2.05) is 60.1 Å². The zero-order chi connectivity index (χ0) is 24.2. The quantitative estimate of drug-likeness (QED) is 0.182. The second kappa shape index (κ2) is 15.3. The largest absolute Gasteiger partial charge is 1.00 e. The topological polar surface area (TPSA) is 53.6 Å². The van der Waals surface area contributed by atoms with Gasteiger partial charge in [0, 0.05) is 6.07 Å². The van der Waals surface area contributed by atoms with Gasteiger partial charge in [-0.15, -0.1) is 0 Å². The molecule has 2 aromatic carbocycles. The highest BCUT2D eigenvalue weighted by Gasteiger charge is 2.25. The first-order valence-electron chi connectivity index (χ1n) is 12.5. The lowest BCUT2D eigenvalue weighted by atomic mass is 10.1. The van der Waals surface area contributed by atoms with E-state index >= 15 is 0 Å². The van der Waals surface area contributed by atoms with Crippen LogP contribution >= 0.6 is 0 Å². The van der Waals surface area contributed by atoms with Gasteiger partial charge in [-0.3, -0.25) is 0 Å². The van der Waals surface area contributed by atoms with E-state index in [-0.39, 0.29) is 24.9 Å². The Morgan fingerprint density at radius 1 is 0.914 bits per heavy atom. The average molecular weight is 503 g/mol. The minimum atomic E-state index is -0.216. The number of aryl methyl sites for hydroxylation is 1. The number of fused-ring (bicyclic) bond motifs is 1. The Morgan fingerprint density at radius 2 is 1.60 bits per heavy atom. The molecule has 0 radical (unpaired) electrons. The van der Waals surface area contributed by atoms with Gasteiger partial charge in [0.2, 0.25) is 0 Å². The van der Waals surface area contributed by atoms with E-state index in [0.717, 1.165) is 35.4 Å². The molecule has 0 atom stereocenters. The summed E-state index contributed by atoms with van der Waals surface area (Å²) in [5.41, 5.74) is 2.03. The molecule has 0 aliphatic heterocycles. The van der Waals surface area contributed by atoms with Gasteiger partial charge in [0.1, 0.15) is 11.5 Å². The summed E-state index contributed by atoms with van der Waals surface area (Å²) >= 11 is 0. The van der Waals surface area contributed by atoms with Crippen molar-refractivity contribution in [3.05, 3.63) is 54.4 Å². The number of halogens is 1. The molecule has 1 heterocycles. The van der Waals surface area contributed by atoms with Crippen LogP contribution in [0.5, 0.6) is 11.5 Å².